The van der Waals surface area contributed by atoms with E-state index in [0.717, 1.165) is 98.0 Å². The highest BCUT2D eigenvalue weighted by atomic mass is 16.5. The van der Waals surface area contributed by atoms with Gasteiger partial charge in [-0.05, 0) is 122 Å². The van der Waals surface area contributed by atoms with E-state index in [1.165, 1.54) is 57.6 Å². The van der Waals surface area contributed by atoms with Crippen molar-refractivity contribution in [3.05, 3.63) is 90.1 Å². The Morgan fingerprint density at radius 1 is 0.859 bits per heavy atom. The molecule has 6 rings (SSSR count). The second-order valence-electron chi connectivity index (χ2n) is 19.7. The van der Waals surface area contributed by atoms with Crippen molar-refractivity contribution in [2.75, 3.05) is 13.7 Å². The van der Waals surface area contributed by atoms with Crippen molar-refractivity contribution < 1.29 is 23.9 Å². The average Bonchev–Trinajstić information content (AvgIpc) is 3.99. The monoisotopic (exact) mass is 873 g/mol. The van der Waals surface area contributed by atoms with E-state index >= 15 is 0 Å². The van der Waals surface area contributed by atoms with E-state index in [1.807, 2.05) is 25.2 Å². The molecule has 2 aliphatic heterocycles. The zero-order valence-electron chi connectivity index (χ0n) is 40.6. The fourth-order valence-electron chi connectivity index (χ4n) is 10.6. The third kappa shape index (κ3) is 10.6. The lowest BCUT2D eigenvalue weighted by molar-refractivity contribution is -0.143. The minimum atomic E-state index is -1.11. The summed E-state index contributed by atoms with van der Waals surface area (Å²) < 4.78 is 11.1. The normalized spacial score (nSPS) is 22.0. The van der Waals surface area contributed by atoms with Crippen LogP contribution in [0.5, 0.6) is 0 Å². The molecular formula is C55H76N4O5. The number of carbonyl (C=O) groups is 3. The third-order valence-electron chi connectivity index (χ3n) is 14.6. The first kappa shape index (κ1) is 48.4. The summed E-state index contributed by atoms with van der Waals surface area (Å²) in [6.45, 7) is 28.7. The van der Waals surface area contributed by atoms with E-state index in [-0.39, 0.29) is 36.6 Å². The van der Waals surface area contributed by atoms with Gasteiger partial charge in [0.05, 0.1) is 18.5 Å². The highest BCUT2D eigenvalue weighted by molar-refractivity contribution is 6.19. The number of nitrogens with one attached hydrogen (secondary N) is 4. The van der Waals surface area contributed by atoms with Gasteiger partial charge in [0.25, 0.3) is 0 Å². The topological polar surface area (TPSA) is 129 Å². The van der Waals surface area contributed by atoms with Crippen LogP contribution in [-0.2, 0) is 25.5 Å². The second kappa shape index (κ2) is 21.3. The highest BCUT2D eigenvalue weighted by Crippen LogP contribution is 2.42. The number of esters is 2. The SMILES string of the molecule is C=Cc1c2[nH]c(c1C)/C=C1\NC(C3=c4[nH]/c(c(C)c4C(=O)[C@@H]3C(=O)OC)=C\c3[nH]/c(c(=C)c3CC)=C\2)[C@@H](CCC(=O)OC/C=C(\C)CCC[C@H](C)CCC[C@H](C)CCCC(C)C)[C@@H]1C. The van der Waals surface area contributed by atoms with Crippen molar-refractivity contribution in [3.63, 3.8) is 0 Å². The number of methoxy groups -OCH3 is 1. The Hall–Kier alpha value is -5.05. The number of ether oxygens (including phenoxy) is 2. The molecule has 4 N–H and O–H groups in total. The first-order chi connectivity index (χ1) is 30.6. The molecule has 64 heavy (non-hydrogen) atoms. The van der Waals surface area contributed by atoms with Gasteiger partial charge < -0.3 is 29.7 Å². The molecule has 1 saturated heterocycles. The third-order valence-corrected chi connectivity index (χ3v) is 14.6. The van der Waals surface area contributed by atoms with Gasteiger partial charge in [-0.2, -0.15) is 0 Å². The fourth-order valence-corrected chi connectivity index (χ4v) is 10.6. The van der Waals surface area contributed by atoms with E-state index in [2.05, 4.69) is 101 Å². The Balaban J connectivity index is 1.21. The molecule has 1 aliphatic carbocycles. The van der Waals surface area contributed by atoms with Crippen LogP contribution < -0.4 is 26.6 Å². The summed E-state index contributed by atoms with van der Waals surface area (Å²) in [6, 6.07) is -0.445. The van der Waals surface area contributed by atoms with Crippen LogP contribution in [0.1, 0.15) is 169 Å². The van der Waals surface area contributed by atoms with Crippen LogP contribution in [0.15, 0.2) is 23.9 Å². The number of ketones is 1. The van der Waals surface area contributed by atoms with Crippen molar-refractivity contribution in [2.45, 2.75) is 145 Å². The van der Waals surface area contributed by atoms with Gasteiger partial charge >= 0.3 is 11.9 Å². The fraction of sp³-hybridized carbons (Fsp3) is 0.545. The van der Waals surface area contributed by atoms with Gasteiger partial charge in [0.15, 0.2) is 5.78 Å². The summed E-state index contributed by atoms with van der Waals surface area (Å²) in [5.41, 5.74) is 9.98. The molecule has 0 radical (unpaired) electrons. The zero-order valence-corrected chi connectivity index (χ0v) is 40.6. The predicted octanol–water partition coefficient (Wildman–Crippen LogP) is 8.98. The van der Waals surface area contributed by atoms with Crippen molar-refractivity contribution in [1.29, 1.82) is 0 Å². The molecular weight excluding hydrogens is 797 g/mol. The summed E-state index contributed by atoms with van der Waals surface area (Å²) in [6.07, 6.45) is 23.0. The number of hydrogen-bond donors (Lipinski definition) is 4. The summed E-state index contributed by atoms with van der Waals surface area (Å²) in [4.78, 5) is 52.3. The molecule has 6 atom stereocenters. The number of Topliss-reactive ketones (excluding diaryl/α,β-unsaturated/α-hetero) is 1. The van der Waals surface area contributed by atoms with Gasteiger partial charge in [-0.1, -0.05) is 111 Å². The molecule has 9 heteroatoms. The smallest absolute Gasteiger partial charge is 0.320 e. The Morgan fingerprint density at radius 3 is 2.19 bits per heavy atom. The summed E-state index contributed by atoms with van der Waals surface area (Å²) >= 11 is 0. The lowest BCUT2D eigenvalue weighted by Crippen LogP contribution is -2.38. The van der Waals surface area contributed by atoms with Crippen molar-refractivity contribution in [1.82, 2.24) is 20.3 Å². The van der Waals surface area contributed by atoms with Crippen molar-refractivity contribution in [3.8, 4) is 0 Å². The first-order valence-corrected chi connectivity index (χ1v) is 24.2. The van der Waals surface area contributed by atoms with Gasteiger partial charge in [0.1, 0.15) is 12.5 Å². The highest BCUT2D eigenvalue weighted by Gasteiger charge is 2.49. The van der Waals surface area contributed by atoms with Gasteiger partial charge in [0.2, 0.25) is 0 Å². The van der Waals surface area contributed by atoms with Crippen LogP contribution in [0.4, 0.5) is 0 Å². The van der Waals surface area contributed by atoms with Crippen LogP contribution in [-0.4, -0.2) is 52.4 Å². The molecule has 9 nitrogen and oxygen atoms in total. The number of fused-ring (bicyclic) bond motifs is 8. The Bertz CT molecular complexity index is 2520. The lowest BCUT2D eigenvalue weighted by Gasteiger charge is -2.25. The second-order valence-corrected chi connectivity index (χ2v) is 19.7. The lowest BCUT2D eigenvalue weighted by atomic mass is 9.80. The molecule has 1 fully saturated rings. The summed E-state index contributed by atoms with van der Waals surface area (Å²) in [5.74, 6) is -0.117. The van der Waals surface area contributed by atoms with E-state index in [1.54, 1.807) is 0 Å². The quantitative estimate of drug-likeness (QED) is 0.0510. The van der Waals surface area contributed by atoms with E-state index in [4.69, 9.17) is 9.47 Å². The zero-order chi connectivity index (χ0) is 46.4. The van der Waals surface area contributed by atoms with Crippen LogP contribution in [0, 0.1) is 49.4 Å². The molecule has 346 valence electrons. The number of rotatable bonds is 20. The number of allylic oxidation sites excluding steroid dienone is 2. The van der Waals surface area contributed by atoms with Crippen LogP contribution >= 0.6 is 0 Å². The van der Waals surface area contributed by atoms with Crippen LogP contribution in [0.25, 0.3) is 36.5 Å². The van der Waals surface area contributed by atoms with E-state index in [9.17, 15) is 14.4 Å². The van der Waals surface area contributed by atoms with E-state index in [0.29, 0.717) is 22.9 Å². The largest absolute Gasteiger partial charge is 0.468 e. The van der Waals surface area contributed by atoms with Crippen LogP contribution in [0.3, 0.4) is 0 Å². The maximum atomic E-state index is 14.4. The number of H-pyrrole nitrogens is 3. The Labute approximate surface area is 381 Å². The maximum Gasteiger partial charge on any atom is 0.320 e. The van der Waals surface area contributed by atoms with E-state index < -0.39 is 17.9 Å². The van der Waals surface area contributed by atoms with Gasteiger partial charge in [-0.25, -0.2) is 0 Å². The predicted molar refractivity (Wildman–Crippen MR) is 262 cm³/mol. The minimum Gasteiger partial charge on any atom is -0.468 e. The maximum absolute atomic E-state index is 14.4. The molecule has 5 heterocycles. The molecule has 3 aliphatic rings. The molecule has 0 aromatic carbocycles. The van der Waals surface area contributed by atoms with Crippen molar-refractivity contribution in [2.24, 2.45) is 35.5 Å². The summed E-state index contributed by atoms with van der Waals surface area (Å²) in [7, 11) is 1.33. The minimum absolute atomic E-state index is 0.0606. The number of carbonyl (C=O) groups excluding carboxylic acids is 3. The molecule has 0 amide bonds. The molecule has 0 spiro atoms. The standard InChI is InChI=1S/C55H76N4O5/c1-13-39-35(8)42-28-44-37(10)41(24-25-48(60)64-27-26-34(7)23-17-22-33(6)21-16-20-32(5)19-15-18-31(3)4)52(58-44)50-51(55(62)63-12)54(61)49-38(11)45(59-53(49)50)30-47-40(14-2)36(9)43(57-47)29-46(39)56-42/h13,26,28-33,37,41,51-52,56-59H,1,9,14-25,27H2,2-8,10-12H3/b34-26+,43-29-,44-28-,45-30-/t32-,33-,37+,41+,51-,52?/m1/s1. The van der Waals surface area contributed by atoms with Gasteiger partial charge in [0, 0.05) is 56.9 Å². The molecule has 0 saturated carbocycles. The molecule has 1 unspecified atom stereocenters. The average molecular weight is 873 g/mol. The number of aromatic amines is 3. The number of aromatic nitrogens is 3. The molecule has 8 bridgehead atoms. The Kier molecular flexibility index (Phi) is 16.1. The first-order valence-electron chi connectivity index (χ1n) is 24.2. The molecule has 3 aromatic rings. The summed E-state index contributed by atoms with van der Waals surface area (Å²) in [5, 5.41) is 7.01. The molecule has 3 aromatic heterocycles. The Morgan fingerprint density at radius 2 is 1.53 bits per heavy atom. The van der Waals surface area contributed by atoms with Crippen LogP contribution in [0.2, 0.25) is 0 Å². The number of hydrogen-bond acceptors (Lipinski definition) is 6. The van der Waals surface area contributed by atoms with Gasteiger partial charge in [-0.3, -0.25) is 14.4 Å². The van der Waals surface area contributed by atoms with Crippen molar-refractivity contribution >= 4 is 54.2 Å². The van der Waals surface area contributed by atoms with Gasteiger partial charge in [-0.15, -0.1) is 0 Å².